The summed E-state index contributed by atoms with van der Waals surface area (Å²) in [6.07, 6.45) is 3.15. The molecule has 0 spiro atoms. The van der Waals surface area contributed by atoms with Crippen LogP contribution in [0.3, 0.4) is 0 Å². The molecule has 2 nitrogen and oxygen atoms in total. The molecule has 0 aromatic heterocycles. The first-order chi connectivity index (χ1) is 8.27. The summed E-state index contributed by atoms with van der Waals surface area (Å²) >= 11 is 0. The molecule has 0 heterocycles. The summed E-state index contributed by atoms with van der Waals surface area (Å²) in [4.78, 5) is 0. The lowest BCUT2D eigenvalue weighted by atomic mass is 10.2. The molecule has 3 heteroatoms. The first kappa shape index (κ1) is 13.5. The van der Waals surface area contributed by atoms with Gasteiger partial charge in [-0.25, -0.2) is 4.39 Å². The van der Waals surface area contributed by atoms with Gasteiger partial charge in [0.05, 0.1) is 13.2 Å². The largest absolute Gasteiger partial charge is 0.490 e. The summed E-state index contributed by atoms with van der Waals surface area (Å²) in [5.74, 6) is 5.50. The Morgan fingerprint density at radius 1 is 1.35 bits per heavy atom. The van der Waals surface area contributed by atoms with E-state index in [0.717, 1.165) is 24.8 Å². The van der Waals surface area contributed by atoms with E-state index in [2.05, 4.69) is 18.8 Å². The van der Waals surface area contributed by atoms with E-state index in [4.69, 9.17) is 10.5 Å². The molecule has 2 N–H and O–H groups in total. The van der Waals surface area contributed by atoms with Gasteiger partial charge in [-0.1, -0.05) is 31.6 Å². The van der Waals surface area contributed by atoms with Gasteiger partial charge in [-0.05, 0) is 24.6 Å². The van der Waals surface area contributed by atoms with Crippen molar-refractivity contribution in [3.63, 3.8) is 0 Å². The maximum Gasteiger partial charge on any atom is 0.165 e. The summed E-state index contributed by atoms with van der Waals surface area (Å²) < 4.78 is 18.8. The predicted molar refractivity (Wildman–Crippen MR) is 67.4 cm³/mol. The van der Waals surface area contributed by atoms with Crippen LogP contribution in [-0.4, -0.2) is 13.2 Å². The van der Waals surface area contributed by atoms with Crippen molar-refractivity contribution in [2.75, 3.05) is 13.2 Å². The lowest BCUT2D eigenvalue weighted by Crippen LogP contribution is -1.99. The molecule has 0 bridgehead atoms. The van der Waals surface area contributed by atoms with Gasteiger partial charge in [0.2, 0.25) is 0 Å². The van der Waals surface area contributed by atoms with Crippen LogP contribution < -0.4 is 10.5 Å². The summed E-state index contributed by atoms with van der Waals surface area (Å²) in [5, 5.41) is 0. The van der Waals surface area contributed by atoms with Gasteiger partial charge in [-0.2, -0.15) is 0 Å². The van der Waals surface area contributed by atoms with Crippen molar-refractivity contribution in [3.05, 3.63) is 29.6 Å². The fourth-order valence-corrected chi connectivity index (χ4v) is 1.38. The Balaban J connectivity index is 2.63. The third kappa shape index (κ3) is 4.88. The monoisotopic (exact) mass is 235 g/mol. The van der Waals surface area contributed by atoms with Crippen molar-refractivity contribution in [3.8, 4) is 17.6 Å². The average molecular weight is 235 g/mol. The number of nitrogens with two attached hydrogens (primary N) is 1. The van der Waals surface area contributed by atoms with E-state index < -0.39 is 0 Å². The standard InChI is InChI=1S/C14H18FNO/c1-2-3-4-10-17-14-11-12(6-5-9-16)7-8-13(14)15/h7-8,11H,2-4,9-10,16H2,1H3. The molecule has 1 aromatic rings. The molecular formula is C14H18FNO. The second-order valence-corrected chi connectivity index (χ2v) is 3.71. The molecule has 0 saturated heterocycles. The van der Waals surface area contributed by atoms with Crippen LogP contribution in [-0.2, 0) is 0 Å². The molecule has 92 valence electrons. The summed E-state index contributed by atoms with van der Waals surface area (Å²) in [5.41, 5.74) is 6.00. The second kappa shape index (κ2) is 7.70. The molecule has 0 saturated carbocycles. The Hall–Kier alpha value is -1.53. The SMILES string of the molecule is CCCCCOc1cc(C#CCN)ccc1F. The normalized spacial score (nSPS) is 9.59. The fraction of sp³-hybridized carbons (Fsp3) is 0.429. The zero-order chi connectivity index (χ0) is 12.5. The van der Waals surface area contributed by atoms with E-state index in [1.807, 2.05) is 0 Å². The molecule has 0 aliphatic rings. The number of hydrogen-bond acceptors (Lipinski definition) is 2. The van der Waals surface area contributed by atoms with Gasteiger partial charge in [0, 0.05) is 5.56 Å². The molecular weight excluding hydrogens is 217 g/mol. The number of rotatable bonds is 5. The highest BCUT2D eigenvalue weighted by atomic mass is 19.1. The van der Waals surface area contributed by atoms with Crippen LogP contribution in [0.2, 0.25) is 0 Å². The third-order valence-corrected chi connectivity index (χ3v) is 2.27. The second-order valence-electron chi connectivity index (χ2n) is 3.71. The molecule has 17 heavy (non-hydrogen) atoms. The number of unbranched alkanes of at least 4 members (excludes halogenated alkanes) is 2. The quantitative estimate of drug-likeness (QED) is 0.629. The Morgan fingerprint density at radius 2 is 2.18 bits per heavy atom. The van der Waals surface area contributed by atoms with E-state index in [1.165, 1.54) is 6.07 Å². The molecule has 1 aromatic carbocycles. The van der Waals surface area contributed by atoms with E-state index in [9.17, 15) is 4.39 Å². The minimum atomic E-state index is -0.347. The van der Waals surface area contributed by atoms with Gasteiger partial charge in [0.15, 0.2) is 11.6 Å². The maximum absolute atomic E-state index is 13.4. The highest BCUT2D eigenvalue weighted by Crippen LogP contribution is 2.18. The van der Waals surface area contributed by atoms with E-state index in [-0.39, 0.29) is 11.6 Å². The minimum absolute atomic E-state index is 0.268. The molecule has 0 unspecified atom stereocenters. The average Bonchev–Trinajstić information content (AvgIpc) is 2.35. The Morgan fingerprint density at radius 3 is 2.88 bits per heavy atom. The number of halogens is 1. The summed E-state index contributed by atoms with van der Waals surface area (Å²) in [7, 11) is 0. The van der Waals surface area contributed by atoms with Gasteiger partial charge < -0.3 is 10.5 Å². The van der Waals surface area contributed by atoms with Crippen molar-refractivity contribution in [2.45, 2.75) is 26.2 Å². The molecule has 0 aliphatic carbocycles. The Kier molecular flexibility index (Phi) is 6.13. The molecule has 0 radical (unpaired) electrons. The van der Waals surface area contributed by atoms with Crippen LogP contribution in [0, 0.1) is 17.7 Å². The van der Waals surface area contributed by atoms with Gasteiger partial charge >= 0.3 is 0 Å². The van der Waals surface area contributed by atoms with Crippen molar-refractivity contribution in [1.29, 1.82) is 0 Å². The van der Waals surface area contributed by atoms with Gasteiger partial charge in [-0.3, -0.25) is 0 Å². The van der Waals surface area contributed by atoms with Gasteiger partial charge in [0.25, 0.3) is 0 Å². The van der Waals surface area contributed by atoms with Crippen LogP contribution in [0.1, 0.15) is 31.7 Å². The lowest BCUT2D eigenvalue weighted by Gasteiger charge is -2.07. The van der Waals surface area contributed by atoms with Crippen molar-refractivity contribution in [1.82, 2.24) is 0 Å². The van der Waals surface area contributed by atoms with Gasteiger partial charge in [-0.15, -0.1) is 0 Å². The van der Waals surface area contributed by atoms with E-state index in [1.54, 1.807) is 12.1 Å². The first-order valence-electron chi connectivity index (χ1n) is 5.89. The number of benzene rings is 1. The van der Waals surface area contributed by atoms with E-state index in [0.29, 0.717) is 13.2 Å². The van der Waals surface area contributed by atoms with Crippen molar-refractivity contribution >= 4 is 0 Å². The third-order valence-electron chi connectivity index (χ3n) is 2.27. The lowest BCUT2D eigenvalue weighted by molar-refractivity contribution is 0.291. The van der Waals surface area contributed by atoms with Gasteiger partial charge in [0.1, 0.15) is 0 Å². The summed E-state index contributed by atoms with van der Waals surface area (Å²) in [6, 6.07) is 4.61. The van der Waals surface area contributed by atoms with Crippen LogP contribution >= 0.6 is 0 Å². The van der Waals surface area contributed by atoms with Crippen molar-refractivity contribution in [2.24, 2.45) is 5.73 Å². The van der Waals surface area contributed by atoms with E-state index >= 15 is 0 Å². The Bertz CT molecular complexity index is 406. The summed E-state index contributed by atoms with van der Waals surface area (Å²) in [6.45, 7) is 2.95. The number of hydrogen-bond donors (Lipinski definition) is 1. The first-order valence-corrected chi connectivity index (χ1v) is 5.89. The van der Waals surface area contributed by atoms with Crippen molar-refractivity contribution < 1.29 is 9.13 Å². The van der Waals surface area contributed by atoms with Crippen LogP contribution in [0.15, 0.2) is 18.2 Å². The molecule has 0 fully saturated rings. The zero-order valence-electron chi connectivity index (χ0n) is 10.1. The maximum atomic E-state index is 13.4. The molecule has 0 aliphatic heterocycles. The zero-order valence-corrected chi connectivity index (χ0v) is 10.1. The molecule has 0 amide bonds. The molecule has 1 rings (SSSR count). The fourth-order valence-electron chi connectivity index (χ4n) is 1.38. The highest BCUT2D eigenvalue weighted by Gasteiger charge is 2.03. The minimum Gasteiger partial charge on any atom is -0.490 e. The Labute approximate surface area is 102 Å². The topological polar surface area (TPSA) is 35.2 Å². The van der Waals surface area contributed by atoms with Crippen LogP contribution in [0.5, 0.6) is 5.75 Å². The molecule has 0 atom stereocenters. The number of ether oxygens (including phenoxy) is 1. The predicted octanol–water partition coefficient (Wildman–Crippen LogP) is 2.70. The smallest absolute Gasteiger partial charge is 0.165 e. The highest BCUT2D eigenvalue weighted by molar-refractivity contribution is 5.40. The van der Waals surface area contributed by atoms with Crippen LogP contribution in [0.25, 0.3) is 0 Å². The van der Waals surface area contributed by atoms with Crippen LogP contribution in [0.4, 0.5) is 4.39 Å².